The summed E-state index contributed by atoms with van der Waals surface area (Å²) in [7, 11) is 0. The first-order chi connectivity index (χ1) is 7.20. The van der Waals surface area contributed by atoms with Crippen LogP contribution in [0.4, 0.5) is 4.39 Å². The van der Waals surface area contributed by atoms with Crippen molar-refractivity contribution in [1.82, 2.24) is 9.97 Å². The monoisotopic (exact) mass is 222 g/mol. The van der Waals surface area contributed by atoms with Gasteiger partial charge in [0.1, 0.15) is 12.0 Å². The molecule has 0 fully saturated rings. The second-order valence-electron chi connectivity index (χ2n) is 3.14. The lowest BCUT2D eigenvalue weighted by Crippen LogP contribution is -1.94. The lowest BCUT2D eigenvalue weighted by molar-refractivity contribution is 0.618. The smallest absolute Gasteiger partial charge is 0.186 e. The summed E-state index contributed by atoms with van der Waals surface area (Å²) in [5.41, 5.74) is 1.93. The molecule has 1 aromatic heterocycles. The number of aromatic nitrogens is 2. The molecule has 15 heavy (non-hydrogen) atoms. The van der Waals surface area contributed by atoms with Crippen LogP contribution in [0.1, 0.15) is 5.56 Å². The maximum Gasteiger partial charge on any atom is 0.186 e. The Morgan fingerprint density at radius 1 is 1.20 bits per heavy atom. The standard InChI is InChI=1S/C11H8ClFN2/c1-7-4-2-3-5-8(7)10-9(13)11(12)15-6-14-10/h2-6H,1H3. The molecule has 2 nitrogen and oxygen atoms in total. The molecular formula is C11H8ClFN2. The van der Waals surface area contributed by atoms with Gasteiger partial charge >= 0.3 is 0 Å². The number of aryl methyl sites for hydroxylation is 1. The van der Waals surface area contributed by atoms with Crippen molar-refractivity contribution < 1.29 is 4.39 Å². The van der Waals surface area contributed by atoms with Gasteiger partial charge in [0.2, 0.25) is 0 Å². The number of rotatable bonds is 1. The maximum absolute atomic E-state index is 13.6. The Labute approximate surface area is 91.8 Å². The van der Waals surface area contributed by atoms with Gasteiger partial charge in [0.05, 0.1) is 0 Å². The highest BCUT2D eigenvalue weighted by molar-refractivity contribution is 6.29. The minimum atomic E-state index is -0.575. The van der Waals surface area contributed by atoms with Crippen molar-refractivity contribution in [3.8, 4) is 11.3 Å². The van der Waals surface area contributed by atoms with Gasteiger partial charge < -0.3 is 0 Å². The largest absolute Gasteiger partial charge is 0.233 e. The van der Waals surface area contributed by atoms with Crippen LogP contribution in [-0.4, -0.2) is 9.97 Å². The zero-order valence-corrected chi connectivity index (χ0v) is 8.79. The van der Waals surface area contributed by atoms with Crippen LogP contribution in [0, 0.1) is 12.7 Å². The molecule has 0 N–H and O–H groups in total. The van der Waals surface area contributed by atoms with Crippen molar-refractivity contribution in [1.29, 1.82) is 0 Å². The van der Waals surface area contributed by atoms with E-state index in [-0.39, 0.29) is 10.8 Å². The lowest BCUT2D eigenvalue weighted by Gasteiger charge is -2.05. The van der Waals surface area contributed by atoms with Crippen LogP contribution in [0.2, 0.25) is 5.15 Å². The van der Waals surface area contributed by atoms with Crippen LogP contribution in [0.5, 0.6) is 0 Å². The van der Waals surface area contributed by atoms with Crippen molar-refractivity contribution in [3.63, 3.8) is 0 Å². The third kappa shape index (κ3) is 1.83. The Bertz CT molecular complexity index is 500. The first-order valence-corrected chi connectivity index (χ1v) is 4.80. The third-order valence-corrected chi connectivity index (χ3v) is 2.41. The molecule has 0 saturated carbocycles. The van der Waals surface area contributed by atoms with Crippen molar-refractivity contribution in [3.05, 3.63) is 47.1 Å². The maximum atomic E-state index is 13.6. The first-order valence-electron chi connectivity index (χ1n) is 4.42. The Balaban J connectivity index is 2.65. The van der Waals surface area contributed by atoms with E-state index in [2.05, 4.69) is 9.97 Å². The van der Waals surface area contributed by atoms with Gasteiger partial charge in [-0.2, -0.15) is 0 Å². The molecule has 1 heterocycles. The average molecular weight is 223 g/mol. The van der Waals surface area contributed by atoms with Gasteiger partial charge in [0.15, 0.2) is 11.0 Å². The van der Waals surface area contributed by atoms with E-state index in [1.807, 2.05) is 25.1 Å². The number of hydrogen-bond donors (Lipinski definition) is 0. The molecular weight excluding hydrogens is 215 g/mol. The Morgan fingerprint density at radius 2 is 1.93 bits per heavy atom. The van der Waals surface area contributed by atoms with Crippen LogP contribution in [-0.2, 0) is 0 Å². The average Bonchev–Trinajstić information content (AvgIpc) is 2.23. The Kier molecular flexibility index (Phi) is 2.64. The molecule has 0 spiro atoms. The van der Waals surface area contributed by atoms with Gasteiger partial charge in [-0.1, -0.05) is 35.9 Å². The molecule has 0 unspecified atom stereocenters. The van der Waals surface area contributed by atoms with Crippen LogP contribution in [0.3, 0.4) is 0 Å². The SMILES string of the molecule is Cc1ccccc1-c1ncnc(Cl)c1F. The molecule has 0 saturated heterocycles. The van der Waals surface area contributed by atoms with Gasteiger partial charge in [0, 0.05) is 5.56 Å². The molecule has 2 aromatic rings. The van der Waals surface area contributed by atoms with Gasteiger partial charge in [-0.25, -0.2) is 14.4 Å². The summed E-state index contributed by atoms with van der Waals surface area (Å²) in [6, 6.07) is 7.42. The molecule has 0 atom stereocenters. The van der Waals surface area contributed by atoms with E-state index in [1.165, 1.54) is 6.33 Å². The number of hydrogen-bond acceptors (Lipinski definition) is 2. The van der Waals surface area contributed by atoms with Crippen LogP contribution in [0.15, 0.2) is 30.6 Å². The summed E-state index contributed by atoms with van der Waals surface area (Å²) in [5, 5.41) is -0.150. The summed E-state index contributed by atoms with van der Waals surface area (Å²) in [4.78, 5) is 7.47. The zero-order chi connectivity index (χ0) is 10.8. The van der Waals surface area contributed by atoms with Gasteiger partial charge in [-0.05, 0) is 12.5 Å². The quantitative estimate of drug-likeness (QED) is 0.693. The molecule has 1 aromatic carbocycles. The molecule has 0 aliphatic carbocycles. The van der Waals surface area contributed by atoms with E-state index >= 15 is 0 Å². The summed E-state index contributed by atoms with van der Waals surface area (Å²) in [6.45, 7) is 1.89. The molecule has 0 radical (unpaired) electrons. The highest BCUT2D eigenvalue weighted by atomic mass is 35.5. The first kappa shape index (κ1) is 10.1. The minimum absolute atomic E-state index is 0.150. The fraction of sp³-hybridized carbons (Fsp3) is 0.0909. The molecule has 0 aliphatic rings. The number of benzene rings is 1. The third-order valence-electron chi connectivity index (χ3n) is 2.15. The van der Waals surface area contributed by atoms with E-state index in [0.29, 0.717) is 0 Å². The van der Waals surface area contributed by atoms with Crippen molar-refractivity contribution >= 4 is 11.6 Å². The molecule has 0 amide bonds. The van der Waals surface area contributed by atoms with Crippen LogP contribution >= 0.6 is 11.6 Å². The predicted molar refractivity (Wildman–Crippen MR) is 57.2 cm³/mol. The topological polar surface area (TPSA) is 25.8 Å². The van der Waals surface area contributed by atoms with Crippen LogP contribution in [0.25, 0.3) is 11.3 Å². The molecule has 2 rings (SSSR count). The van der Waals surface area contributed by atoms with E-state index in [9.17, 15) is 4.39 Å². The number of nitrogens with zero attached hydrogens (tertiary/aromatic N) is 2. The summed E-state index contributed by atoms with van der Waals surface area (Å²) in [6.07, 6.45) is 1.26. The second-order valence-corrected chi connectivity index (χ2v) is 3.50. The molecule has 76 valence electrons. The second kappa shape index (κ2) is 3.95. The fourth-order valence-electron chi connectivity index (χ4n) is 1.37. The summed E-state index contributed by atoms with van der Waals surface area (Å²) >= 11 is 5.59. The fourth-order valence-corrected chi connectivity index (χ4v) is 1.51. The highest BCUT2D eigenvalue weighted by Crippen LogP contribution is 2.25. The molecule has 0 bridgehead atoms. The van der Waals surface area contributed by atoms with Gasteiger partial charge in [-0.15, -0.1) is 0 Å². The molecule has 0 aliphatic heterocycles. The van der Waals surface area contributed by atoms with E-state index in [1.54, 1.807) is 6.07 Å². The number of halogens is 2. The lowest BCUT2D eigenvalue weighted by atomic mass is 10.1. The van der Waals surface area contributed by atoms with E-state index in [4.69, 9.17) is 11.6 Å². The Morgan fingerprint density at radius 3 is 2.67 bits per heavy atom. The minimum Gasteiger partial charge on any atom is -0.233 e. The van der Waals surface area contributed by atoms with Crippen LogP contribution < -0.4 is 0 Å². The van der Waals surface area contributed by atoms with Crippen molar-refractivity contribution in [2.75, 3.05) is 0 Å². The van der Waals surface area contributed by atoms with E-state index < -0.39 is 5.82 Å². The van der Waals surface area contributed by atoms with Crippen molar-refractivity contribution in [2.24, 2.45) is 0 Å². The summed E-state index contributed by atoms with van der Waals surface area (Å²) < 4.78 is 13.6. The summed E-state index contributed by atoms with van der Waals surface area (Å²) in [5.74, 6) is -0.575. The van der Waals surface area contributed by atoms with Gasteiger partial charge in [0.25, 0.3) is 0 Å². The normalized spacial score (nSPS) is 10.3. The molecule has 4 heteroatoms. The van der Waals surface area contributed by atoms with E-state index in [0.717, 1.165) is 11.1 Å². The van der Waals surface area contributed by atoms with Crippen molar-refractivity contribution in [2.45, 2.75) is 6.92 Å². The van der Waals surface area contributed by atoms with Gasteiger partial charge in [-0.3, -0.25) is 0 Å². The highest BCUT2D eigenvalue weighted by Gasteiger charge is 2.12. The predicted octanol–water partition coefficient (Wildman–Crippen LogP) is 3.24. The zero-order valence-electron chi connectivity index (χ0n) is 8.04. The Hall–Kier alpha value is -1.48.